The molecule has 1 amide bonds. The topological polar surface area (TPSA) is 72.5 Å². The summed E-state index contributed by atoms with van der Waals surface area (Å²) in [5, 5.41) is 2.66. The first-order valence-electron chi connectivity index (χ1n) is 7.01. The number of hydrogen-bond acceptors (Lipinski definition) is 4. The quantitative estimate of drug-likeness (QED) is 0.623. The fourth-order valence-electron chi connectivity index (χ4n) is 2.07. The fourth-order valence-corrected chi connectivity index (χ4v) is 2.43. The molecule has 0 radical (unpaired) electrons. The van der Waals surface area contributed by atoms with Gasteiger partial charge in [-0.15, -0.1) is 0 Å². The lowest BCUT2D eigenvalue weighted by molar-refractivity contribution is 0.0951. The Labute approximate surface area is 134 Å². The Morgan fingerprint density at radius 2 is 1.70 bits per heavy atom. The number of para-hydroxylation sites is 1. The first-order valence-corrected chi connectivity index (χ1v) is 8.32. The van der Waals surface area contributed by atoms with Crippen LogP contribution in [0.3, 0.4) is 0 Å². The largest absolute Gasteiger partial charge is 0.488 e. The zero-order chi connectivity index (χ0) is 16.7. The average molecular weight is 337 g/mol. The highest BCUT2D eigenvalue weighted by Crippen LogP contribution is 2.20. The molecule has 7 heteroatoms. The van der Waals surface area contributed by atoms with E-state index in [0.717, 1.165) is 18.4 Å². The van der Waals surface area contributed by atoms with Crippen LogP contribution in [-0.4, -0.2) is 20.9 Å². The molecule has 0 aliphatic carbocycles. The number of rotatable bonds is 7. The minimum absolute atomic E-state index is 0.0339. The van der Waals surface area contributed by atoms with Crippen LogP contribution in [0.5, 0.6) is 5.75 Å². The van der Waals surface area contributed by atoms with Crippen molar-refractivity contribution in [2.75, 3.05) is 6.54 Å². The lowest BCUT2D eigenvalue weighted by atomic mass is 10.1. The second-order valence-electron chi connectivity index (χ2n) is 4.82. The van der Waals surface area contributed by atoms with Crippen LogP contribution in [0.1, 0.15) is 22.3 Å². The van der Waals surface area contributed by atoms with Gasteiger partial charge in [-0.1, -0.05) is 46.4 Å². The zero-order valence-corrected chi connectivity index (χ0v) is 13.1. The van der Waals surface area contributed by atoms with Gasteiger partial charge in [-0.2, -0.15) is 8.42 Å². The van der Waals surface area contributed by atoms with Gasteiger partial charge in [0.05, 0.1) is 5.56 Å². The maximum Gasteiger partial charge on any atom is 0.488 e. The molecule has 0 aliphatic rings. The number of benzene rings is 2. The van der Waals surface area contributed by atoms with Crippen LogP contribution in [0.4, 0.5) is 3.89 Å². The predicted molar refractivity (Wildman–Crippen MR) is 84.2 cm³/mol. The van der Waals surface area contributed by atoms with Gasteiger partial charge < -0.3 is 9.50 Å². The number of hydrogen-bond donors (Lipinski definition) is 1. The Balaban J connectivity index is 1.91. The van der Waals surface area contributed by atoms with E-state index in [-0.39, 0.29) is 11.3 Å². The maximum absolute atomic E-state index is 12.6. The minimum atomic E-state index is -5.17. The Bertz CT molecular complexity index is 763. The van der Waals surface area contributed by atoms with Crippen LogP contribution in [0.15, 0.2) is 54.6 Å². The Hall–Kier alpha value is -2.41. The van der Waals surface area contributed by atoms with Crippen molar-refractivity contribution in [1.29, 1.82) is 0 Å². The van der Waals surface area contributed by atoms with E-state index >= 15 is 0 Å². The third-order valence-electron chi connectivity index (χ3n) is 3.09. The van der Waals surface area contributed by atoms with E-state index in [9.17, 15) is 17.1 Å². The van der Waals surface area contributed by atoms with Gasteiger partial charge in [0.15, 0.2) is 5.75 Å². The molecule has 0 aliphatic heterocycles. The summed E-state index contributed by atoms with van der Waals surface area (Å²) in [6, 6.07) is 15.4. The molecule has 0 atom stereocenters. The molecule has 122 valence electrons. The van der Waals surface area contributed by atoms with E-state index < -0.39 is 16.4 Å². The summed E-state index contributed by atoms with van der Waals surface area (Å²) in [5.74, 6) is -0.854. The van der Waals surface area contributed by atoms with Gasteiger partial charge in [-0.05, 0) is 30.5 Å². The van der Waals surface area contributed by atoms with Crippen molar-refractivity contribution in [1.82, 2.24) is 5.32 Å². The Morgan fingerprint density at radius 3 is 2.39 bits per heavy atom. The molecule has 0 saturated heterocycles. The molecule has 0 saturated carbocycles. The maximum atomic E-state index is 12.6. The van der Waals surface area contributed by atoms with Gasteiger partial charge in [0.2, 0.25) is 0 Å². The van der Waals surface area contributed by atoms with Crippen LogP contribution in [-0.2, 0) is 16.9 Å². The molecule has 1 N–H and O–H groups in total. The smallest absolute Gasteiger partial charge is 0.358 e. The second kappa shape index (κ2) is 7.73. The van der Waals surface area contributed by atoms with E-state index in [4.69, 9.17) is 0 Å². The van der Waals surface area contributed by atoms with Crippen molar-refractivity contribution in [3.8, 4) is 5.75 Å². The Morgan fingerprint density at radius 1 is 1.04 bits per heavy atom. The van der Waals surface area contributed by atoms with E-state index in [2.05, 4.69) is 9.50 Å². The molecule has 0 fully saturated rings. The monoisotopic (exact) mass is 337 g/mol. The summed E-state index contributed by atoms with van der Waals surface area (Å²) in [4.78, 5) is 12.1. The van der Waals surface area contributed by atoms with Crippen molar-refractivity contribution in [3.63, 3.8) is 0 Å². The standard InChI is InChI=1S/C16H16FNO4S/c17-23(20,21)22-15-11-5-4-10-14(15)16(19)18-12-6-9-13-7-2-1-3-8-13/h1-5,7-8,10-11H,6,9,12H2,(H,18,19). The molecular formula is C16H16FNO4S. The van der Waals surface area contributed by atoms with Crippen LogP contribution in [0.25, 0.3) is 0 Å². The number of carbonyl (C=O) groups excluding carboxylic acids is 1. The molecule has 0 bridgehead atoms. The summed E-state index contributed by atoms with van der Waals surface area (Å²) < 4.78 is 37.9. The zero-order valence-electron chi connectivity index (χ0n) is 12.2. The minimum Gasteiger partial charge on any atom is -0.358 e. The molecule has 0 heterocycles. The normalized spacial score (nSPS) is 11.0. The van der Waals surface area contributed by atoms with Crippen LogP contribution in [0.2, 0.25) is 0 Å². The number of halogens is 1. The molecular weight excluding hydrogens is 321 g/mol. The summed E-state index contributed by atoms with van der Waals surface area (Å²) in [6.45, 7) is 0.407. The number of nitrogens with one attached hydrogen (secondary N) is 1. The SMILES string of the molecule is O=C(NCCCc1ccccc1)c1ccccc1OS(=O)(=O)F. The van der Waals surface area contributed by atoms with E-state index in [1.54, 1.807) is 0 Å². The number of amides is 1. The van der Waals surface area contributed by atoms with Gasteiger partial charge in [-0.25, -0.2) is 0 Å². The van der Waals surface area contributed by atoms with Crippen LogP contribution in [0, 0.1) is 0 Å². The van der Waals surface area contributed by atoms with Gasteiger partial charge >= 0.3 is 10.5 Å². The van der Waals surface area contributed by atoms with E-state index in [1.165, 1.54) is 24.3 Å². The molecule has 2 aromatic carbocycles. The summed E-state index contributed by atoms with van der Waals surface area (Å²) >= 11 is 0. The average Bonchev–Trinajstić information content (AvgIpc) is 2.51. The first kappa shape index (κ1) is 17.0. The van der Waals surface area contributed by atoms with Crippen molar-refractivity contribution in [3.05, 3.63) is 65.7 Å². The molecule has 5 nitrogen and oxygen atoms in total. The molecule has 0 unspecified atom stereocenters. The lowest BCUT2D eigenvalue weighted by Gasteiger charge is -2.09. The van der Waals surface area contributed by atoms with Gasteiger partial charge in [0, 0.05) is 6.54 Å². The fraction of sp³-hybridized carbons (Fsp3) is 0.188. The van der Waals surface area contributed by atoms with Gasteiger partial charge in [0.1, 0.15) is 0 Å². The van der Waals surface area contributed by atoms with Crippen LogP contribution < -0.4 is 9.50 Å². The second-order valence-corrected chi connectivity index (χ2v) is 5.77. The number of carbonyl (C=O) groups is 1. The summed E-state index contributed by atoms with van der Waals surface area (Å²) in [7, 11) is -5.17. The molecule has 0 spiro atoms. The van der Waals surface area contributed by atoms with Gasteiger partial charge in [0.25, 0.3) is 5.91 Å². The van der Waals surface area contributed by atoms with Gasteiger partial charge in [-0.3, -0.25) is 4.79 Å². The molecule has 2 rings (SSSR count). The summed E-state index contributed by atoms with van der Waals surface area (Å²) in [6.07, 6.45) is 1.53. The van der Waals surface area contributed by atoms with Crippen molar-refractivity contribution >= 4 is 16.4 Å². The van der Waals surface area contributed by atoms with Crippen molar-refractivity contribution in [2.45, 2.75) is 12.8 Å². The summed E-state index contributed by atoms with van der Waals surface area (Å²) in [5.41, 5.74) is 1.13. The highest BCUT2D eigenvalue weighted by atomic mass is 32.3. The van der Waals surface area contributed by atoms with E-state index in [1.807, 2.05) is 30.3 Å². The molecule has 2 aromatic rings. The third kappa shape index (κ3) is 5.71. The lowest BCUT2D eigenvalue weighted by Crippen LogP contribution is -2.25. The number of aryl methyl sites for hydroxylation is 1. The molecule has 0 aromatic heterocycles. The highest BCUT2D eigenvalue weighted by molar-refractivity contribution is 7.81. The first-order chi connectivity index (χ1) is 11.0. The highest BCUT2D eigenvalue weighted by Gasteiger charge is 2.17. The van der Waals surface area contributed by atoms with Crippen LogP contribution >= 0.6 is 0 Å². The predicted octanol–water partition coefficient (Wildman–Crippen LogP) is 2.64. The Kier molecular flexibility index (Phi) is 5.70. The van der Waals surface area contributed by atoms with Crippen molar-refractivity contribution < 1.29 is 21.3 Å². The van der Waals surface area contributed by atoms with Crippen molar-refractivity contribution in [2.24, 2.45) is 0 Å². The van der Waals surface area contributed by atoms with E-state index in [0.29, 0.717) is 6.54 Å². The molecule has 23 heavy (non-hydrogen) atoms. The third-order valence-corrected chi connectivity index (χ3v) is 3.47.